The Morgan fingerprint density at radius 1 is 0.292 bits per heavy atom. The van der Waals surface area contributed by atoms with E-state index in [1.54, 1.807) is 0 Å². The van der Waals surface area contributed by atoms with Gasteiger partial charge in [-0.3, -0.25) is 0 Å². The molecular formula is C67H41N5. The number of para-hydroxylation sites is 3. The lowest BCUT2D eigenvalue weighted by Gasteiger charge is -2.19. The Bertz CT molecular complexity index is 4560. The zero-order valence-corrected chi connectivity index (χ0v) is 39.0. The van der Waals surface area contributed by atoms with Crippen LogP contribution in [0.25, 0.3) is 139 Å². The van der Waals surface area contributed by atoms with Crippen molar-refractivity contribution >= 4 is 70.7 Å². The molecule has 0 spiro atoms. The lowest BCUT2D eigenvalue weighted by Crippen LogP contribution is -2.05. The normalized spacial score (nSPS) is 12.2. The topological polar surface area (TPSA) is 48.5 Å². The molecule has 1 aliphatic carbocycles. The minimum atomic E-state index is 0.582. The predicted octanol–water partition coefficient (Wildman–Crippen LogP) is 17.1. The molecule has 3 aromatic heterocycles. The summed E-state index contributed by atoms with van der Waals surface area (Å²) >= 11 is 0. The van der Waals surface area contributed by atoms with E-state index in [9.17, 15) is 0 Å². The standard InChI is InChI=1S/C67H41N5/c1-41-51-33-34-54(64(63(51)58-38-47-20-9-8-18-45(47)36-55(41)58)72-60-27-15-13-25-53(60)57-37-46-19-10-11-21-48(46)40-62(57)72)67-69-65(44-30-28-43(29-31-44)42-16-4-2-5-17-42)68-66(70-67)49-32-35-61-56(39-49)52-24-12-14-26-59(52)71(61)50-22-6-3-7-23-50/h2-40H,1H2. The SMILES string of the molecule is C=C1c2cc3ccccc3cc2-c2c1ccc(-c1nc(-c3ccc(-c4ccccc4)cc3)nc(-c3ccc4c(c3)c3ccccc3n4-c3ccccc3)n1)c2-n1c2ccccc2c2cc3ccccc3cc21. The molecule has 0 radical (unpaired) electrons. The number of fused-ring (bicyclic) bond motifs is 11. The molecule has 3 heterocycles. The Kier molecular flexibility index (Phi) is 8.74. The van der Waals surface area contributed by atoms with Gasteiger partial charge in [0.15, 0.2) is 17.5 Å². The van der Waals surface area contributed by atoms with Crippen molar-refractivity contribution < 1.29 is 0 Å². The summed E-state index contributed by atoms with van der Waals surface area (Å²) in [6, 6.07) is 84.7. The van der Waals surface area contributed by atoms with E-state index in [0.29, 0.717) is 17.5 Å². The van der Waals surface area contributed by atoms with Gasteiger partial charge in [0.2, 0.25) is 0 Å². The molecule has 11 aromatic carbocycles. The molecule has 72 heavy (non-hydrogen) atoms. The summed E-state index contributed by atoms with van der Waals surface area (Å²) in [5.74, 6) is 1.77. The van der Waals surface area contributed by atoms with Gasteiger partial charge in [-0.1, -0.05) is 170 Å². The van der Waals surface area contributed by atoms with E-state index in [0.717, 1.165) is 99.9 Å². The van der Waals surface area contributed by atoms with Crippen LogP contribution in [-0.2, 0) is 0 Å². The Morgan fingerprint density at radius 3 is 1.49 bits per heavy atom. The molecule has 0 bridgehead atoms. The second-order valence-corrected chi connectivity index (χ2v) is 18.8. The second-order valence-electron chi connectivity index (χ2n) is 18.8. The molecule has 0 unspecified atom stereocenters. The van der Waals surface area contributed by atoms with Crippen molar-refractivity contribution in [2.75, 3.05) is 0 Å². The number of hydrogen-bond donors (Lipinski definition) is 0. The Morgan fingerprint density at radius 2 is 0.778 bits per heavy atom. The molecule has 1 aliphatic rings. The van der Waals surface area contributed by atoms with Crippen molar-refractivity contribution in [3.63, 3.8) is 0 Å². The van der Waals surface area contributed by atoms with Gasteiger partial charge < -0.3 is 9.13 Å². The van der Waals surface area contributed by atoms with Gasteiger partial charge in [-0.15, -0.1) is 0 Å². The summed E-state index contributed by atoms with van der Waals surface area (Å²) < 4.78 is 4.80. The fourth-order valence-electron chi connectivity index (χ4n) is 11.4. The fraction of sp³-hybridized carbons (Fsp3) is 0. The lowest BCUT2D eigenvalue weighted by molar-refractivity contribution is 1.07. The summed E-state index contributed by atoms with van der Waals surface area (Å²) in [4.78, 5) is 16.5. The van der Waals surface area contributed by atoms with Crippen LogP contribution in [0.2, 0.25) is 0 Å². The largest absolute Gasteiger partial charge is 0.309 e. The molecule has 0 N–H and O–H groups in total. The third kappa shape index (κ3) is 6.11. The smallest absolute Gasteiger partial charge is 0.166 e. The maximum atomic E-state index is 5.58. The molecule has 0 fully saturated rings. The van der Waals surface area contributed by atoms with Crippen LogP contribution in [0.4, 0.5) is 0 Å². The Hall–Kier alpha value is -9.71. The molecule has 0 aliphatic heterocycles. The van der Waals surface area contributed by atoms with E-state index >= 15 is 0 Å². The van der Waals surface area contributed by atoms with Gasteiger partial charge in [-0.2, -0.15) is 0 Å². The van der Waals surface area contributed by atoms with Crippen molar-refractivity contribution in [2.45, 2.75) is 0 Å². The summed E-state index contributed by atoms with van der Waals surface area (Å²) in [5, 5.41) is 9.38. The first kappa shape index (κ1) is 40.2. The number of benzene rings is 11. The highest BCUT2D eigenvalue weighted by Gasteiger charge is 2.31. The summed E-state index contributed by atoms with van der Waals surface area (Å²) in [5.41, 5.74) is 17.0. The lowest BCUT2D eigenvalue weighted by atomic mass is 9.96. The molecule has 5 nitrogen and oxygen atoms in total. The van der Waals surface area contributed by atoms with Gasteiger partial charge >= 0.3 is 0 Å². The number of rotatable bonds is 6. The highest BCUT2D eigenvalue weighted by molar-refractivity contribution is 6.17. The van der Waals surface area contributed by atoms with Gasteiger partial charge in [0.05, 0.1) is 27.8 Å². The van der Waals surface area contributed by atoms with E-state index in [2.05, 4.69) is 240 Å². The van der Waals surface area contributed by atoms with Crippen LogP contribution in [0.1, 0.15) is 11.1 Å². The minimum Gasteiger partial charge on any atom is -0.309 e. The minimum absolute atomic E-state index is 0.582. The van der Waals surface area contributed by atoms with Gasteiger partial charge in [0.1, 0.15) is 0 Å². The van der Waals surface area contributed by atoms with Gasteiger partial charge in [-0.25, -0.2) is 15.0 Å². The number of aromatic nitrogens is 5. The molecule has 14 aromatic rings. The van der Waals surface area contributed by atoms with E-state index in [1.165, 1.54) is 32.3 Å². The first-order valence-corrected chi connectivity index (χ1v) is 24.4. The molecule has 15 rings (SSSR count). The van der Waals surface area contributed by atoms with E-state index in [1.807, 2.05) is 6.07 Å². The third-order valence-electron chi connectivity index (χ3n) is 14.8. The van der Waals surface area contributed by atoms with Crippen LogP contribution in [0.3, 0.4) is 0 Å². The molecule has 0 amide bonds. The molecule has 0 atom stereocenters. The van der Waals surface area contributed by atoms with Crippen LogP contribution < -0.4 is 0 Å². The first-order valence-electron chi connectivity index (χ1n) is 24.4. The van der Waals surface area contributed by atoms with Crippen LogP contribution >= 0.6 is 0 Å². The second kappa shape index (κ2) is 15.7. The molecule has 5 heteroatoms. The summed E-state index contributed by atoms with van der Waals surface area (Å²) in [6.45, 7) is 4.79. The van der Waals surface area contributed by atoms with Crippen LogP contribution in [0.15, 0.2) is 243 Å². The van der Waals surface area contributed by atoms with Gasteiger partial charge in [0, 0.05) is 49.5 Å². The molecular weight excluding hydrogens is 875 g/mol. The zero-order chi connectivity index (χ0) is 47.4. The molecule has 334 valence electrons. The van der Waals surface area contributed by atoms with Crippen LogP contribution in [-0.4, -0.2) is 24.1 Å². The highest BCUT2D eigenvalue weighted by Crippen LogP contribution is 2.52. The van der Waals surface area contributed by atoms with Gasteiger partial charge in [0.25, 0.3) is 0 Å². The third-order valence-corrected chi connectivity index (χ3v) is 14.8. The predicted molar refractivity (Wildman–Crippen MR) is 299 cm³/mol. The highest BCUT2D eigenvalue weighted by atomic mass is 15.1. The average Bonchev–Trinajstić information content (AvgIpc) is 4.05. The number of hydrogen-bond acceptors (Lipinski definition) is 3. The van der Waals surface area contributed by atoms with Crippen LogP contribution in [0.5, 0.6) is 0 Å². The Labute approximate surface area is 414 Å². The van der Waals surface area contributed by atoms with Crippen LogP contribution in [0, 0.1) is 0 Å². The van der Waals surface area contributed by atoms with Gasteiger partial charge in [-0.05, 0) is 128 Å². The monoisotopic (exact) mass is 915 g/mol. The average molecular weight is 916 g/mol. The molecule has 0 saturated heterocycles. The van der Waals surface area contributed by atoms with E-state index in [4.69, 9.17) is 21.5 Å². The first-order chi connectivity index (χ1) is 35.6. The number of nitrogens with zero attached hydrogens (tertiary/aromatic N) is 5. The summed E-state index contributed by atoms with van der Waals surface area (Å²) in [6.07, 6.45) is 0. The maximum absolute atomic E-state index is 5.58. The Balaban J connectivity index is 1.03. The van der Waals surface area contributed by atoms with Crippen molar-refractivity contribution in [1.82, 2.24) is 24.1 Å². The van der Waals surface area contributed by atoms with E-state index in [-0.39, 0.29) is 0 Å². The van der Waals surface area contributed by atoms with Crippen molar-refractivity contribution in [1.29, 1.82) is 0 Å². The molecule has 0 saturated carbocycles. The fourth-order valence-corrected chi connectivity index (χ4v) is 11.4. The summed E-state index contributed by atoms with van der Waals surface area (Å²) in [7, 11) is 0. The quantitative estimate of drug-likeness (QED) is 0.167. The maximum Gasteiger partial charge on any atom is 0.166 e. The van der Waals surface area contributed by atoms with E-state index < -0.39 is 0 Å². The zero-order valence-electron chi connectivity index (χ0n) is 39.0. The van der Waals surface area contributed by atoms with Crippen molar-refractivity contribution in [3.8, 4) is 67.8 Å². The van der Waals surface area contributed by atoms with Crippen molar-refractivity contribution in [3.05, 3.63) is 254 Å². The van der Waals surface area contributed by atoms with Crippen molar-refractivity contribution in [2.24, 2.45) is 0 Å².